The Morgan fingerprint density at radius 3 is 2.80 bits per heavy atom. The van der Waals surface area contributed by atoms with E-state index in [1.165, 1.54) is 11.3 Å². The van der Waals surface area contributed by atoms with Gasteiger partial charge in [0.1, 0.15) is 10.7 Å². The van der Waals surface area contributed by atoms with Gasteiger partial charge in [-0.05, 0) is 20.8 Å². The van der Waals surface area contributed by atoms with Gasteiger partial charge in [0.05, 0.1) is 6.54 Å². The molecule has 0 bridgehead atoms. The topological polar surface area (TPSA) is 119 Å². The van der Waals surface area contributed by atoms with Crippen LogP contribution in [0.5, 0.6) is 0 Å². The zero-order valence-corrected chi connectivity index (χ0v) is 12.2. The largest absolute Gasteiger partial charge is 0.382 e. The molecular weight excluding hydrogens is 280 g/mol. The van der Waals surface area contributed by atoms with Crippen LogP contribution in [0.15, 0.2) is 4.52 Å². The first kappa shape index (κ1) is 14.3. The lowest BCUT2D eigenvalue weighted by atomic mass is 10.4. The summed E-state index contributed by atoms with van der Waals surface area (Å²) in [6, 6.07) is 0.220. The molecule has 0 saturated heterocycles. The summed E-state index contributed by atoms with van der Waals surface area (Å²) in [7, 11) is 0. The lowest BCUT2D eigenvalue weighted by Crippen LogP contribution is -2.22. The Kier molecular flexibility index (Phi) is 4.18. The summed E-state index contributed by atoms with van der Waals surface area (Å²) in [5.41, 5.74) is 5.74. The number of aromatic nitrogens is 3. The molecule has 0 radical (unpaired) electrons. The lowest BCUT2D eigenvalue weighted by Gasteiger charge is -2.03. The van der Waals surface area contributed by atoms with Gasteiger partial charge < -0.3 is 20.9 Å². The monoisotopic (exact) mass is 296 g/mol. The molecule has 20 heavy (non-hydrogen) atoms. The lowest BCUT2D eigenvalue weighted by molar-refractivity contribution is 0.0951. The number of carbonyl (C=O) groups excluding carboxylic acids is 1. The Labute approximate surface area is 119 Å². The maximum Gasteiger partial charge on any atom is 0.265 e. The second-order valence-electron chi connectivity index (χ2n) is 4.45. The number of carbonyl (C=O) groups is 1. The maximum atomic E-state index is 12.0. The van der Waals surface area contributed by atoms with E-state index in [-0.39, 0.29) is 24.3 Å². The van der Waals surface area contributed by atoms with E-state index in [0.29, 0.717) is 21.7 Å². The highest BCUT2D eigenvalue weighted by Crippen LogP contribution is 2.25. The second kappa shape index (κ2) is 5.87. The van der Waals surface area contributed by atoms with Crippen LogP contribution >= 0.6 is 11.3 Å². The first-order valence-electron chi connectivity index (χ1n) is 6.06. The summed E-state index contributed by atoms with van der Waals surface area (Å²) in [5.74, 6) is 0.763. The molecule has 0 aliphatic heterocycles. The van der Waals surface area contributed by atoms with Gasteiger partial charge in [-0.25, -0.2) is 4.98 Å². The first-order valence-corrected chi connectivity index (χ1v) is 6.87. The highest BCUT2D eigenvalue weighted by Gasteiger charge is 2.17. The Morgan fingerprint density at radius 1 is 1.45 bits per heavy atom. The van der Waals surface area contributed by atoms with E-state index in [9.17, 15) is 4.79 Å². The van der Waals surface area contributed by atoms with Crippen LogP contribution in [0.3, 0.4) is 0 Å². The number of hydrogen-bond donors (Lipinski definition) is 3. The van der Waals surface area contributed by atoms with Gasteiger partial charge in [-0.3, -0.25) is 4.79 Å². The standard InChI is InChI=1S/C11H16N6O2S/c1-5(2)14-11-16-9(12)8(20-11)10(18)13-4-7-15-6(3)17-19-7/h5H,4,12H2,1-3H3,(H,13,18)(H,14,16). The minimum Gasteiger partial charge on any atom is -0.382 e. The van der Waals surface area contributed by atoms with Crippen molar-refractivity contribution in [2.75, 3.05) is 11.1 Å². The number of anilines is 2. The average molecular weight is 296 g/mol. The molecule has 0 aliphatic carbocycles. The predicted molar refractivity (Wildman–Crippen MR) is 75.5 cm³/mol. The summed E-state index contributed by atoms with van der Waals surface area (Å²) in [4.78, 5) is 20.5. The van der Waals surface area contributed by atoms with Gasteiger partial charge in [-0.15, -0.1) is 0 Å². The summed E-state index contributed by atoms with van der Waals surface area (Å²) in [6.45, 7) is 5.83. The Balaban J connectivity index is 2.00. The minimum atomic E-state index is -0.312. The van der Waals surface area contributed by atoms with E-state index in [1.807, 2.05) is 13.8 Å². The van der Waals surface area contributed by atoms with Crippen molar-refractivity contribution in [2.45, 2.75) is 33.4 Å². The summed E-state index contributed by atoms with van der Waals surface area (Å²) in [6.07, 6.45) is 0. The van der Waals surface area contributed by atoms with Crippen molar-refractivity contribution in [3.05, 3.63) is 16.6 Å². The van der Waals surface area contributed by atoms with Gasteiger partial charge >= 0.3 is 0 Å². The molecule has 108 valence electrons. The van der Waals surface area contributed by atoms with Gasteiger partial charge in [0, 0.05) is 6.04 Å². The Hall–Kier alpha value is -2.16. The second-order valence-corrected chi connectivity index (χ2v) is 5.45. The third-order valence-corrected chi connectivity index (χ3v) is 3.24. The van der Waals surface area contributed by atoms with Crippen LogP contribution in [0.1, 0.15) is 35.2 Å². The van der Waals surface area contributed by atoms with Crippen LogP contribution in [0.25, 0.3) is 0 Å². The van der Waals surface area contributed by atoms with E-state index in [2.05, 4.69) is 25.8 Å². The van der Waals surface area contributed by atoms with Gasteiger partial charge in [0.2, 0.25) is 5.89 Å². The van der Waals surface area contributed by atoms with Gasteiger partial charge in [-0.1, -0.05) is 16.5 Å². The third-order valence-electron chi connectivity index (χ3n) is 2.24. The van der Waals surface area contributed by atoms with Crippen molar-refractivity contribution >= 4 is 28.2 Å². The molecule has 0 saturated carbocycles. The number of nitrogens with one attached hydrogen (secondary N) is 2. The fourth-order valence-corrected chi connectivity index (χ4v) is 2.40. The molecule has 0 fully saturated rings. The van der Waals surface area contributed by atoms with Crippen LogP contribution in [0.2, 0.25) is 0 Å². The number of nitrogen functional groups attached to an aromatic ring is 1. The van der Waals surface area contributed by atoms with Gasteiger partial charge in [-0.2, -0.15) is 4.98 Å². The van der Waals surface area contributed by atoms with Crippen LogP contribution in [-0.2, 0) is 6.54 Å². The molecule has 0 spiro atoms. The van der Waals surface area contributed by atoms with Gasteiger partial charge in [0.25, 0.3) is 5.91 Å². The number of aryl methyl sites for hydroxylation is 1. The number of hydrogen-bond acceptors (Lipinski definition) is 8. The van der Waals surface area contributed by atoms with Crippen molar-refractivity contribution in [3.63, 3.8) is 0 Å². The van der Waals surface area contributed by atoms with Crippen LogP contribution in [0.4, 0.5) is 10.9 Å². The van der Waals surface area contributed by atoms with E-state index in [4.69, 9.17) is 10.3 Å². The minimum absolute atomic E-state index is 0.157. The average Bonchev–Trinajstić information content (AvgIpc) is 2.92. The molecule has 9 heteroatoms. The summed E-state index contributed by atoms with van der Waals surface area (Å²) < 4.78 is 4.91. The number of thiazole rings is 1. The van der Waals surface area contributed by atoms with Crippen molar-refractivity contribution in [3.8, 4) is 0 Å². The molecule has 2 aromatic heterocycles. The van der Waals surface area contributed by atoms with Crippen molar-refractivity contribution in [2.24, 2.45) is 0 Å². The van der Waals surface area contributed by atoms with E-state index in [0.717, 1.165) is 0 Å². The highest BCUT2D eigenvalue weighted by atomic mass is 32.1. The number of rotatable bonds is 5. The predicted octanol–water partition coefficient (Wildman–Crippen LogP) is 1.17. The van der Waals surface area contributed by atoms with Gasteiger partial charge in [0.15, 0.2) is 11.0 Å². The number of amides is 1. The van der Waals surface area contributed by atoms with Crippen molar-refractivity contribution < 1.29 is 9.32 Å². The molecule has 8 nitrogen and oxygen atoms in total. The van der Waals surface area contributed by atoms with E-state index in [1.54, 1.807) is 6.92 Å². The fourth-order valence-electron chi connectivity index (χ4n) is 1.45. The van der Waals surface area contributed by atoms with E-state index >= 15 is 0 Å². The zero-order valence-electron chi connectivity index (χ0n) is 11.4. The quantitative estimate of drug-likeness (QED) is 0.757. The maximum absolute atomic E-state index is 12.0. The molecule has 2 heterocycles. The van der Waals surface area contributed by atoms with E-state index < -0.39 is 0 Å². The molecule has 2 aromatic rings. The van der Waals surface area contributed by atoms with Crippen molar-refractivity contribution in [1.29, 1.82) is 0 Å². The molecule has 0 atom stereocenters. The molecule has 0 aliphatic rings. The fraction of sp³-hybridized carbons (Fsp3) is 0.455. The Morgan fingerprint density at radius 2 is 2.20 bits per heavy atom. The smallest absolute Gasteiger partial charge is 0.265 e. The highest BCUT2D eigenvalue weighted by molar-refractivity contribution is 7.18. The molecule has 2 rings (SSSR count). The Bertz CT molecular complexity index is 606. The van der Waals surface area contributed by atoms with Crippen LogP contribution in [0, 0.1) is 6.92 Å². The first-order chi connectivity index (χ1) is 9.45. The molecule has 0 unspecified atom stereocenters. The van der Waals surface area contributed by atoms with Crippen molar-refractivity contribution in [1.82, 2.24) is 20.4 Å². The molecule has 1 amide bonds. The SMILES string of the molecule is Cc1noc(CNC(=O)c2sc(NC(C)C)nc2N)n1. The summed E-state index contributed by atoms with van der Waals surface area (Å²) in [5, 5.41) is 10.0. The number of nitrogens with two attached hydrogens (primary N) is 1. The zero-order chi connectivity index (χ0) is 14.7. The van der Waals surface area contributed by atoms with Crippen LogP contribution < -0.4 is 16.4 Å². The molecule has 4 N–H and O–H groups in total. The number of nitrogens with zero attached hydrogens (tertiary/aromatic N) is 3. The summed E-state index contributed by atoms with van der Waals surface area (Å²) >= 11 is 1.21. The molecular formula is C11H16N6O2S. The third kappa shape index (κ3) is 3.44. The van der Waals surface area contributed by atoms with Crippen LogP contribution in [-0.4, -0.2) is 27.1 Å². The normalized spacial score (nSPS) is 10.8. The molecule has 0 aromatic carbocycles.